The summed E-state index contributed by atoms with van der Waals surface area (Å²) in [5.74, 6) is 0.810. The van der Waals surface area contributed by atoms with Crippen molar-refractivity contribution in [1.82, 2.24) is 5.16 Å². The highest BCUT2D eigenvalue weighted by atomic mass is 16.5. The zero-order chi connectivity index (χ0) is 8.97. The third-order valence-electron chi connectivity index (χ3n) is 1.71. The van der Waals surface area contributed by atoms with Crippen molar-refractivity contribution in [3.8, 4) is 0 Å². The number of hydrogen-bond acceptors (Lipinski definition) is 2. The molecule has 1 aromatic heterocycles. The second-order valence-corrected chi connectivity index (χ2v) is 2.72. The maximum Gasteiger partial charge on any atom is 0.162 e. The lowest BCUT2D eigenvalue weighted by molar-refractivity contribution is 0.412. The van der Waals surface area contributed by atoms with Crippen LogP contribution in [0.5, 0.6) is 0 Å². The highest BCUT2D eigenvalue weighted by Crippen LogP contribution is 2.10. The average molecular weight is 163 g/mol. The lowest BCUT2D eigenvalue weighted by Gasteiger charge is -1.90. The molecule has 0 fully saturated rings. The molecule has 1 heterocycles. The van der Waals surface area contributed by atoms with Crippen molar-refractivity contribution < 1.29 is 4.52 Å². The molecule has 0 bridgehead atoms. The number of nitrogens with zero attached hydrogens (tertiary/aromatic N) is 1. The molecule has 0 aliphatic heterocycles. The van der Waals surface area contributed by atoms with E-state index in [9.17, 15) is 0 Å². The summed E-state index contributed by atoms with van der Waals surface area (Å²) in [6, 6.07) is 0. The topological polar surface area (TPSA) is 26.0 Å². The molecule has 0 spiro atoms. The summed E-state index contributed by atoms with van der Waals surface area (Å²) in [6.45, 7) is 7.89. The first kappa shape index (κ1) is 8.78. The maximum absolute atomic E-state index is 4.98. The van der Waals surface area contributed by atoms with E-state index in [1.54, 1.807) is 6.20 Å². The number of aromatic nitrogens is 1. The molecule has 0 unspecified atom stereocenters. The van der Waals surface area contributed by atoms with Crippen LogP contribution in [0.4, 0.5) is 0 Å². The van der Waals surface area contributed by atoms with Gasteiger partial charge in [-0.15, -0.1) is 0 Å². The fourth-order valence-corrected chi connectivity index (χ4v) is 0.771. The Kier molecular flexibility index (Phi) is 2.86. The Morgan fingerprint density at radius 1 is 1.75 bits per heavy atom. The standard InChI is InChI=1S/C10H13NO/c1-4-8(2)5-6-10-9(3)7-11-12-10/h5-7H,2,4H2,1,3H3/b6-5-. The van der Waals surface area contributed by atoms with Crippen LogP contribution in [-0.2, 0) is 0 Å². The van der Waals surface area contributed by atoms with E-state index in [0.717, 1.165) is 23.3 Å². The summed E-state index contributed by atoms with van der Waals surface area (Å²) in [5.41, 5.74) is 2.14. The minimum atomic E-state index is 0.810. The van der Waals surface area contributed by atoms with Crippen molar-refractivity contribution in [2.75, 3.05) is 0 Å². The zero-order valence-corrected chi connectivity index (χ0v) is 7.50. The second-order valence-electron chi connectivity index (χ2n) is 2.72. The lowest BCUT2D eigenvalue weighted by Crippen LogP contribution is -1.72. The Morgan fingerprint density at radius 3 is 3.00 bits per heavy atom. The number of aryl methyl sites for hydroxylation is 1. The molecule has 0 amide bonds. The van der Waals surface area contributed by atoms with Crippen LogP contribution < -0.4 is 0 Å². The summed E-state index contributed by atoms with van der Waals surface area (Å²) in [6.07, 6.45) is 6.51. The first-order valence-corrected chi connectivity index (χ1v) is 4.01. The largest absolute Gasteiger partial charge is 0.357 e. The molecule has 0 aliphatic carbocycles. The van der Waals surface area contributed by atoms with Crippen molar-refractivity contribution >= 4 is 6.08 Å². The molecule has 12 heavy (non-hydrogen) atoms. The molecule has 1 rings (SSSR count). The maximum atomic E-state index is 4.98. The van der Waals surface area contributed by atoms with Crippen LogP contribution in [0.3, 0.4) is 0 Å². The molecule has 0 aliphatic rings. The van der Waals surface area contributed by atoms with E-state index in [1.807, 2.05) is 19.1 Å². The molecular formula is C10H13NO. The van der Waals surface area contributed by atoms with Gasteiger partial charge in [-0.3, -0.25) is 0 Å². The Bertz CT molecular complexity index is 297. The Balaban J connectivity index is 2.69. The number of allylic oxidation sites excluding steroid dienone is 2. The van der Waals surface area contributed by atoms with Crippen molar-refractivity contribution in [2.45, 2.75) is 20.3 Å². The van der Waals surface area contributed by atoms with E-state index in [4.69, 9.17) is 4.52 Å². The van der Waals surface area contributed by atoms with Gasteiger partial charge in [0, 0.05) is 5.56 Å². The quantitative estimate of drug-likeness (QED) is 0.640. The minimum Gasteiger partial charge on any atom is -0.357 e. The van der Waals surface area contributed by atoms with Crippen LogP contribution in [0.25, 0.3) is 6.08 Å². The number of hydrogen-bond donors (Lipinski definition) is 0. The molecule has 64 valence electrons. The van der Waals surface area contributed by atoms with Crippen molar-refractivity contribution in [3.05, 3.63) is 35.7 Å². The first-order chi connectivity index (χ1) is 5.74. The molecule has 0 saturated heterocycles. The van der Waals surface area contributed by atoms with Crippen molar-refractivity contribution in [2.24, 2.45) is 0 Å². The van der Waals surface area contributed by atoms with Crippen LogP contribution in [0, 0.1) is 6.92 Å². The van der Waals surface area contributed by atoms with Crippen LogP contribution in [0.1, 0.15) is 24.7 Å². The second kappa shape index (κ2) is 3.90. The monoisotopic (exact) mass is 163 g/mol. The van der Waals surface area contributed by atoms with E-state index in [0.29, 0.717) is 0 Å². The van der Waals surface area contributed by atoms with Gasteiger partial charge in [-0.2, -0.15) is 0 Å². The summed E-state index contributed by atoms with van der Waals surface area (Å²) < 4.78 is 4.98. The van der Waals surface area contributed by atoms with Crippen molar-refractivity contribution in [3.63, 3.8) is 0 Å². The molecule has 0 aromatic carbocycles. The lowest BCUT2D eigenvalue weighted by atomic mass is 10.2. The molecule has 1 aromatic rings. The van der Waals surface area contributed by atoms with E-state index >= 15 is 0 Å². The Labute approximate surface area is 72.6 Å². The van der Waals surface area contributed by atoms with E-state index in [1.165, 1.54) is 0 Å². The predicted molar refractivity (Wildman–Crippen MR) is 49.7 cm³/mol. The minimum absolute atomic E-state index is 0.810. The fraction of sp³-hybridized carbons (Fsp3) is 0.300. The SMILES string of the molecule is C=C(/C=C\c1oncc1C)CC. The van der Waals surface area contributed by atoms with Gasteiger partial charge in [0.25, 0.3) is 0 Å². The van der Waals surface area contributed by atoms with Gasteiger partial charge in [0.2, 0.25) is 0 Å². The van der Waals surface area contributed by atoms with Gasteiger partial charge in [0.05, 0.1) is 6.20 Å². The predicted octanol–water partition coefficient (Wildman–Crippen LogP) is 2.96. The summed E-state index contributed by atoms with van der Waals surface area (Å²) in [5, 5.41) is 3.67. The molecule has 2 nitrogen and oxygen atoms in total. The van der Waals surface area contributed by atoms with Crippen LogP contribution in [0.2, 0.25) is 0 Å². The van der Waals surface area contributed by atoms with Gasteiger partial charge in [-0.1, -0.05) is 30.3 Å². The summed E-state index contributed by atoms with van der Waals surface area (Å²) in [7, 11) is 0. The van der Waals surface area contributed by atoms with E-state index in [-0.39, 0.29) is 0 Å². The fourth-order valence-electron chi connectivity index (χ4n) is 0.771. The molecule has 0 saturated carbocycles. The van der Waals surface area contributed by atoms with Gasteiger partial charge in [0.15, 0.2) is 5.76 Å². The van der Waals surface area contributed by atoms with E-state index in [2.05, 4.69) is 18.7 Å². The van der Waals surface area contributed by atoms with E-state index < -0.39 is 0 Å². The molecular weight excluding hydrogens is 150 g/mol. The van der Waals surface area contributed by atoms with Crippen LogP contribution >= 0.6 is 0 Å². The van der Waals surface area contributed by atoms with Crippen LogP contribution in [0.15, 0.2) is 28.9 Å². The highest BCUT2D eigenvalue weighted by Gasteiger charge is 1.96. The third-order valence-corrected chi connectivity index (χ3v) is 1.71. The summed E-state index contributed by atoms with van der Waals surface area (Å²) >= 11 is 0. The van der Waals surface area contributed by atoms with Gasteiger partial charge in [-0.25, -0.2) is 0 Å². The van der Waals surface area contributed by atoms with Gasteiger partial charge >= 0.3 is 0 Å². The normalized spacial score (nSPS) is 10.8. The van der Waals surface area contributed by atoms with Gasteiger partial charge in [-0.05, 0) is 19.4 Å². The Hall–Kier alpha value is -1.31. The van der Waals surface area contributed by atoms with Gasteiger partial charge in [0.1, 0.15) is 0 Å². The molecule has 2 heteroatoms. The number of rotatable bonds is 3. The molecule has 0 N–H and O–H groups in total. The first-order valence-electron chi connectivity index (χ1n) is 4.01. The highest BCUT2D eigenvalue weighted by molar-refractivity contribution is 5.49. The van der Waals surface area contributed by atoms with Crippen LogP contribution in [-0.4, -0.2) is 5.16 Å². The summed E-state index contributed by atoms with van der Waals surface area (Å²) in [4.78, 5) is 0. The zero-order valence-electron chi connectivity index (χ0n) is 7.50. The molecule has 0 atom stereocenters. The average Bonchev–Trinajstić information content (AvgIpc) is 2.47. The van der Waals surface area contributed by atoms with Crippen molar-refractivity contribution in [1.29, 1.82) is 0 Å². The Morgan fingerprint density at radius 2 is 2.50 bits per heavy atom. The molecule has 0 radical (unpaired) electrons. The third kappa shape index (κ3) is 2.09. The van der Waals surface area contributed by atoms with Gasteiger partial charge < -0.3 is 4.52 Å². The smallest absolute Gasteiger partial charge is 0.162 e.